The van der Waals surface area contributed by atoms with Gasteiger partial charge in [-0.05, 0) is 78.0 Å². The summed E-state index contributed by atoms with van der Waals surface area (Å²) in [4.78, 5) is 27.6. The number of rotatable bonds is 9. The Morgan fingerprint density at radius 2 is 1.65 bits per heavy atom. The van der Waals surface area contributed by atoms with Crippen LogP contribution in [0.25, 0.3) is 11.1 Å². The number of ether oxygens (including phenoxy) is 1. The van der Waals surface area contributed by atoms with Crippen LogP contribution in [0.3, 0.4) is 0 Å². The molecule has 8 rings (SSSR count). The van der Waals surface area contributed by atoms with Crippen molar-refractivity contribution < 1.29 is 23.6 Å². The van der Waals surface area contributed by atoms with Gasteiger partial charge in [0.1, 0.15) is 12.4 Å². The molecule has 0 amide bonds. The van der Waals surface area contributed by atoms with E-state index < -0.39 is 0 Å². The zero-order valence-electron chi connectivity index (χ0n) is 26.5. The minimum atomic E-state index is -0.340. The zero-order valence-corrected chi connectivity index (χ0v) is 26.5. The van der Waals surface area contributed by atoms with Crippen LogP contribution in [0.2, 0.25) is 5.82 Å². The Morgan fingerprint density at radius 3 is 2.30 bits per heavy atom. The molecule has 1 aliphatic heterocycles. The van der Waals surface area contributed by atoms with Gasteiger partial charge in [-0.1, -0.05) is 89.1 Å². The number of hydrogen-bond acceptors (Lipinski definition) is 5. The lowest BCUT2D eigenvalue weighted by atomic mass is 9.43. The van der Waals surface area contributed by atoms with Gasteiger partial charge in [-0.25, -0.2) is 0 Å². The molecular formula is C37H47BO5. The minimum absolute atomic E-state index is 0.0208. The molecular weight excluding hydrogens is 535 g/mol. The van der Waals surface area contributed by atoms with E-state index in [-0.39, 0.29) is 60.6 Å². The molecule has 228 valence electrons. The molecule has 6 heteroatoms. The monoisotopic (exact) mass is 582 g/mol. The summed E-state index contributed by atoms with van der Waals surface area (Å²) in [5, 5.41) is 0. The van der Waals surface area contributed by atoms with Crippen LogP contribution in [0, 0.1) is 35.0 Å². The van der Waals surface area contributed by atoms with Crippen LogP contribution in [-0.2, 0) is 23.6 Å². The van der Waals surface area contributed by atoms with Crippen molar-refractivity contribution in [1.82, 2.24) is 0 Å². The molecule has 2 bridgehead atoms. The molecule has 0 spiro atoms. The summed E-state index contributed by atoms with van der Waals surface area (Å²) in [6.45, 7) is 11.6. The molecule has 5 nitrogen and oxygen atoms in total. The Hall–Kier alpha value is -2.44. The second-order valence-corrected chi connectivity index (χ2v) is 15.4. The van der Waals surface area contributed by atoms with Crippen LogP contribution in [0.5, 0.6) is 0 Å². The van der Waals surface area contributed by atoms with Gasteiger partial charge in [0, 0.05) is 23.6 Å². The SMILES string of the molecule is CC(C)C[C@H](CC(=O)OCC1c2ccccc2-c2ccccc21)C(=O)C1CCC[C@H]1B1O[C@@H]2C[C@@H]3C[C@@H](C3(C)C)[C@]2(C)O1. The van der Waals surface area contributed by atoms with Gasteiger partial charge in [-0.3, -0.25) is 9.59 Å². The molecule has 0 aromatic heterocycles. The molecule has 5 aliphatic carbocycles. The van der Waals surface area contributed by atoms with E-state index >= 15 is 0 Å². The molecule has 43 heavy (non-hydrogen) atoms. The van der Waals surface area contributed by atoms with Crippen LogP contribution in [-0.4, -0.2) is 37.2 Å². The van der Waals surface area contributed by atoms with E-state index in [1.54, 1.807) is 0 Å². The smallest absolute Gasteiger partial charge is 0.461 e. The van der Waals surface area contributed by atoms with Crippen molar-refractivity contribution in [2.45, 2.75) is 103 Å². The fourth-order valence-electron chi connectivity index (χ4n) is 9.80. The summed E-state index contributed by atoms with van der Waals surface area (Å²) in [7, 11) is -0.323. The van der Waals surface area contributed by atoms with Crippen molar-refractivity contribution in [3.63, 3.8) is 0 Å². The second kappa shape index (κ2) is 10.9. The third kappa shape index (κ3) is 4.83. The highest BCUT2D eigenvalue weighted by molar-refractivity contribution is 6.48. The number of carbonyl (C=O) groups is 2. The molecule has 6 aliphatic rings. The lowest BCUT2D eigenvalue weighted by Gasteiger charge is -2.64. The minimum Gasteiger partial charge on any atom is -0.465 e. The predicted octanol–water partition coefficient (Wildman–Crippen LogP) is 7.86. The number of esters is 1. The maximum atomic E-state index is 14.2. The van der Waals surface area contributed by atoms with Crippen molar-refractivity contribution in [3.8, 4) is 11.1 Å². The average Bonchev–Trinajstić information content (AvgIpc) is 3.68. The van der Waals surface area contributed by atoms with Gasteiger partial charge >= 0.3 is 13.1 Å². The van der Waals surface area contributed by atoms with Gasteiger partial charge in [0.05, 0.1) is 18.1 Å². The van der Waals surface area contributed by atoms with Crippen molar-refractivity contribution >= 4 is 18.9 Å². The molecule has 1 unspecified atom stereocenters. The van der Waals surface area contributed by atoms with E-state index in [1.165, 1.54) is 28.7 Å². The van der Waals surface area contributed by atoms with Gasteiger partial charge in [0.15, 0.2) is 0 Å². The fourth-order valence-corrected chi connectivity index (χ4v) is 9.80. The molecule has 4 saturated carbocycles. The first-order valence-corrected chi connectivity index (χ1v) is 16.8. The summed E-state index contributed by atoms with van der Waals surface area (Å²) in [6, 6.07) is 16.8. The Bertz CT molecular complexity index is 1360. The molecule has 0 N–H and O–H groups in total. The third-order valence-corrected chi connectivity index (χ3v) is 12.2. The first-order chi connectivity index (χ1) is 20.6. The highest BCUT2D eigenvalue weighted by Gasteiger charge is 2.69. The van der Waals surface area contributed by atoms with E-state index in [1.807, 2.05) is 12.1 Å². The van der Waals surface area contributed by atoms with Gasteiger partial charge in [0.25, 0.3) is 0 Å². The second-order valence-electron chi connectivity index (χ2n) is 15.4. The normalized spacial score (nSPS) is 32.6. The number of fused-ring (bicyclic) bond motifs is 3. The standard InChI is InChI=1S/C37H47BO5/c1-22(2)17-23(18-34(39)41-21-30-27-13-8-6-11-25(27)26-12-7-9-14-28(26)30)35(40)29-15-10-16-31(29)38-42-33-20-24-19-32(36(24,3)4)37(33,5)43-38/h6-9,11-14,22-24,29-33H,10,15-21H2,1-5H3/t23-,24+,29?,31-,32+,33-,37+/m1/s1. The van der Waals surface area contributed by atoms with E-state index in [0.29, 0.717) is 36.2 Å². The quantitative estimate of drug-likeness (QED) is 0.223. The van der Waals surface area contributed by atoms with Crippen LogP contribution in [0.1, 0.15) is 96.6 Å². The van der Waals surface area contributed by atoms with Gasteiger partial charge < -0.3 is 14.0 Å². The van der Waals surface area contributed by atoms with Gasteiger partial charge in [-0.2, -0.15) is 0 Å². The maximum absolute atomic E-state index is 14.2. The van der Waals surface area contributed by atoms with Gasteiger partial charge in [-0.15, -0.1) is 0 Å². The van der Waals surface area contributed by atoms with E-state index in [4.69, 9.17) is 14.0 Å². The maximum Gasteiger partial charge on any atom is 0.461 e. The fraction of sp³-hybridized carbons (Fsp3) is 0.622. The number of ketones is 1. The van der Waals surface area contributed by atoms with Gasteiger partial charge in [0.2, 0.25) is 0 Å². The van der Waals surface area contributed by atoms with Crippen LogP contribution < -0.4 is 0 Å². The molecule has 5 fully saturated rings. The van der Waals surface area contributed by atoms with Crippen molar-refractivity contribution in [3.05, 3.63) is 59.7 Å². The van der Waals surface area contributed by atoms with Crippen molar-refractivity contribution in [1.29, 1.82) is 0 Å². The van der Waals surface area contributed by atoms with E-state index in [2.05, 4.69) is 71.0 Å². The molecule has 2 aromatic carbocycles. The summed E-state index contributed by atoms with van der Waals surface area (Å²) in [5.74, 6) is 1.07. The number of carbonyl (C=O) groups excluding carboxylic acids is 2. The number of benzene rings is 2. The molecule has 1 heterocycles. The predicted molar refractivity (Wildman–Crippen MR) is 168 cm³/mol. The number of hydrogen-bond donors (Lipinski definition) is 0. The Morgan fingerprint density at radius 1 is 0.977 bits per heavy atom. The lowest BCUT2D eigenvalue weighted by molar-refractivity contribution is -0.199. The molecule has 7 atom stereocenters. The average molecular weight is 583 g/mol. The highest BCUT2D eigenvalue weighted by Crippen LogP contribution is 2.66. The highest BCUT2D eigenvalue weighted by atomic mass is 16.7. The summed E-state index contributed by atoms with van der Waals surface area (Å²) in [5.41, 5.74) is 4.85. The lowest BCUT2D eigenvalue weighted by Crippen LogP contribution is -2.65. The Kier molecular flexibility index (Phi) is 7.41. The van der Waals surface area contributed by atoms with E-state index in [9.17, 15) is 9.59 Å². The van der Waals surface area contributed by atoms with Crippen molar-refractivity contribution in [2.75, 3.05) is 6.61 Å². The summed E-state index contributed by atoms with van der Waals surface area (Å²) < 4.78 is 19.5. The number of Topliss-reactive ketones (excluding diaryl/α,β-unsaturated/α-hetero) is 1. The Labute approximate surface area is 257 Å². The third-order valence-electron chi connectivity index (χ3n) is 12.2. The van der Waals surface area contributed by atoms with Crippen molar-refractivity contribution in [2.24, 2.45) is 35.0 Å². The first-order valence-electron chi connectivity index (χ1n) is 16.8. The van der Waals surface area contributed by atoms with Crippen LogP contribution in [0.4, 0.5) is 0 Å². The van der Waals surface area contributed by atoms with E-state index in [0.717, 1.165) is 25.7 Å². The van der Waals surface area contributed by atoms with Crippen LogP contribution >= 0.6 is 0 Å². The largest absolute Gasteiger partial charge is 0.465 e. The Balaban J connectivity index is 1.02. The molecule has 2 aromatic rings. The van der Waals surface area contributed by atoms with Crippen LogP contribution in [0.15, 0.2) is 48.5 Å². The first kappa shape index (κ1) is 29.3. The topological polar surface area (TPSA) is 61.8 Å². The molecule has 1 saturated heterocycles. The summed E-state index contributed by atoms with van der Waals surface area (Å²) in [6.07, 6.45) is 6.03. The summed E-state index contributed by atoms with van der Waals surface area (Å²) >= 11 is 0. The zero-order chi connectivity index (χ0) is 30.1. The molecule has 0 radical (unpaired) electrons.